The zero-order valence-electron chi connectivity index (χ0n) is 8.37. The maximum Gasteiger partial charge on any atom is 0.285 e. The number of benzene rings is 1. The number of aryl methyl sites for hydroxylation is 1. The molecule has 1 aromatic heterocycles. The number of nitrogens with two attached hydrogens (primary N) is 1. The molecule has 1 aromatic carbocycles. The maximum atomic E-state index is 13.3. The van der Waals surface area contributed by atoms with Crippen LogP contribution in [0.4, 0.5) is 8.78 Å². The van der Waals surface area contributed by atoms with Gasteiger partial charge >= 0.3 is 0 Å². The van der Waals surface area contributed by atoms with E-state index in [1.54, 1.807) is 6.07 Å². The summed E-state index contributed by atoms with van der Waals surface area (Å²) in [6.07, 6.45) is 1.84. The van der Waals surface area contributed by atoms with Crippen molar-refractivity contribution in [3.63, 3.8) is 0 Å². The zero-order valence-corrected chi connectivity index (χ0v) is 8.37. The minimum atomic E-state index is -2.94. The highest BCUT2D eigenvalue weighted by molar-refractivity contribution is 5.80. The van der Waals surface area contributed by atoms with Crippen molar-refractivity contribution in [2.45, 2.75) is 5.92 Å². The molecule has 2 nitrogen and oxygen atoms in total. The van der Waals surface area contributed by atoms with Crippen LogP contribution in [0.1, 0.15) is 5.56 Å². The first-order chi connectivity index (χ1) is 7.04. The Kier molecular flexibility index (Phi) is 2.23. The fourth-order valence-corrected chi connectivity index (χ4v) is 1.63. The van der Waals surface area contributed by atoms with Gasteiger partial charge in [0.2, 0.25) is 0 Å². The van der Waals surface area contributed by atoms with Crippen LogP contribution in [0.5, 0.6) is 0 Å². The molecule has 0 saturated carbocycles. The molecular formula is C11H12F2N2. The predicted molar refractivity (Wildman–Crippen MR) is 55.9 cm³/mol. The van der Waals surface area contributed by atoms with E-state index in [0.717, 1.165) is 10.9 Å². The predicted octanol–water partition coefficient (Wildman–Crippen LogP) is 2.23. The van der Waals surface area contributed by atoms with E-state index in [1.807, 2.05) is 23.9 Å². The van der Waals surface area contributed by atoms with Gasteiger partial charge in [-0.25, -0.2) is 0 Å². The second kappa shape index (κ2) is 3.31. The van der Waals surface area contributed by atoms with E-state index >= 15 is 0 Å². The second-order valence-electron chi connectivity index (χ2n) is 3.61. The summed E-state index contributed by atoms with van der Waals surface area (Å²) in [7, 11) is 1.88. The molecule has 0 aliphatic rings. The molecule has 0 atom stereocenters. The average molecular weight is 210 g/mol. The molecule has 15 heavy (non-hydrogen) atoms. The number of hydrogen-bond donors (Lipinski definition) is 1. The number of fused-ring (bicyclic) bond motifs is 1. The van der Waals surface area contributed by atoms with Gasteiger partial charge in [0, 0.05) is 29.7 Å². The summed E-state index contributed by atoms with van der Waals surface area (Å²) in [6.45, 7) is -0.661. The largest absolute Gasteiger partial charge is 0.351 e. The van der Waals surface area contributed by atoms with Gasteiger partial charge in [-0.15, -0.1) is 0 Å². The van der Waals surface area contributed by atoms with E-state index in [-0.39, 0.29) is 5.56 Å². The van der Waals surface area contributed by atoms with E-state index in [4.69, 9.17) is 5.73 Å². The Bertz CT molecular complexity index is 488. The summed E-state index contributed by atoms with van der Waals surface area (Å²) < 4.78 is 28.5. The summed E-state index contributed by atoms with van der Waals surface area (Å²) in [6, 6.07) is 6.41. The number of halogens is 2. The molecule has 2 rings (SSSR count). The minimum Gasteiger partial charge on any atom is -0.351 e. The smallest absolute Gasteiger partial charge is 0.285 e. The summed E-state index contributed by atoms with van der Waals surface area (Å²) in [5.41, 5.74) is 5.94. The first kappa shape index (κ1) is 10.1. The van der Waals surface area contributed by atoms with E-state index in [2.05, 4.69) is 0 Å². The van der Waals surface area contributed by atoms with Crippen molar-refractivity contribution in [2.24, 2.45) is 12.8 Å². The third-order valence-electron chi connectivity index (χ3n) is 2.56. The van der Waals surface area contributed by atoms with E-state index < -0.39 is 12.5 Å². The summed E-state index contributed by atoms with van der Waals surface area (Å²) in [5.74, 6) is -2.94. The number of alkyl halides is 2. The molecule has 0 aliphatic carbocycles. The Morgan fingerprint density at radius 2 is 2.07 bits per heavy atom. The molecular weight excluding hydrogens is 198 g/mol. The zero-order chi connectivity index (χ0) is 11.1. The van der Waals surface area contributed by atoms with Crippen LogP contribution >= 0.6 is 0 Å². The SMILES string of the molecule is Cn1ccc2cc(C(F)(F)CN)ccc21. The van der Waals surface area contributed by atoms with Gasteiger partial charge in [0.1, 0.15) is 0 Å². The van der Waals surface area contributed by atoms with Crippen LogP contribution in [-0.2, 0) is 13.0 Å². The lowest BCUT2D eigenvalue weighted by Gasteiger charge is -2.14. The van der Waals surface area contributed by atoms with E-state index in [0.29, 0.717) is 0 Å². The Morgan fingerprint density at radius 3 is 2.73 bits per heavy atom. The van der Waals surface area contributed by atoms with Gasteiger partial charge in [-0.05, 0) is 18.2 Å². The topological polar surface area (TPSA) is 30.9 Å². The van der Waals surface area contributed by atoms with Crippen LogP contribution in [0.2, 0.25) is 0 Å². The molecule has 1 heterocycles. The van der Waals surface area contributed by atoms with Crippen molar-refractivity contribution < 1.29 is 8.78 Å². The number of hydrogen-bond acceptors (Lipinski definition) is 1. The maximum absolute atomic E-state index is 13.3. The van der Waals surface area contributed by atoms with Crippen LogP contribution in [0.3, 0.4) is 0 Å². The van der Waals surface area contributed by atoms with Crippen molar-refractivity contribution in [1.29, 1.82) is 0 Å². The fraction of sp³-hybridized carbons (Fsp3) is 0.273. The molecule has 0 unspecified atom stereocenters. The standard InChI is InChI=1S/C11H12F2N2/c1-15-5-4-8-6-9(2-3-10(8)15)11(12,13)7-14/h2-6H,7,14H2,1H3. The van der Waals surface area contributed by atoms with Gasteiger partial charge in [-0.2, -0.15) is 8.78 Å². The molecule has 0 bridgehead atoms. The van der Waals surface area contributed by atoms with Gasteiger partial charge in [0.15, 0.2) is 0 Å². The third-order valence-corrected chi connectivity index (χ3v) is 2.56. The molecule has 0 spiro atoms. The lowest BCUT2D eigenvalue weighted by Crippen LogP contribution is -2.24. The molecule has 80 valence electrons. The average Bonchev–Trinajstić information content (AvgIpc) is 2.60. The van der Waals surface area contributed by atoms with E-state index in [9.17, 15) is 8.78 Å². The van der Waals surface area contributed by atoms with Crippen LogP contribution in [-0.4, -0.2) is 11.1 Å². The molecule has 4 heteroatoms. The van der Waals surface area contributed by atoms with Crippen LogP contribution in [0, 0.1) is 0 Å². The van der Waals surface area contributed by atoms with Gasteiger partial charge in [-0.3, -0.25) is 0 Å². The minimum absolute atomic E-state index is 0.0244. The van der Waals surface area contributed by atoms with Crippen LogP contribution in [0.15, 0.2) is 30.5 Å². The van der Waals surface area contributed by atoms with Gasteiger partial charge in [-0.1, -0.05) is 6.07 Å². The van der Waals surface area contributed by atoms with Crippen molar-refractivity contribution in [2.75, 3.05) is 6.54 Å². The number of nitrogens with zero attached hydrogens (tertiary/aromatic N) is 1. The lowest BCUT2D eigenvalue weighted by atomic mass is 10.1. The van der Waals surface area contributed by atoms with Gasteiger partial charge in [0.05, 0.1) is 6.54 Å². The quantitative estimate of drug-likeness (QED) is 0.809. The number of rotatable bonds is 2. The Labute approximate surface area is 86.3 Å². The highest BCUT2D eigenvalue weighted by Crippen LogP contribution is 2.29. The fourth-order valence-electron chi connectivity index (χ4n) is 1.63. The molecule has 2 aromatic rings. The van der Waals surface area contributed by atoms with Crippen LogP contribution < -0.4 is 5.73 Å². The van der Waals surface area contributed by atoms with Crippen molar-refractivity contribution in [3.8, 4) is 0 Å². The van der Waals surface area contributed by atoms with Gasteiger partial charge < -0.3 is 10.3 Å². The van der Waals surface area contributed by atoms with Gasteiger partial charge in [0.25, 0.3) is 5.92 Å². The summed E-state index contributed by atoms with van der Waals surface area (Å²) >= 11 is 0. The van der Waals surface area contributed by atoms with Crippen molar-refractivity contribution in [3.05, 3.63) is 36.0 Å². The summed E-state index contributed by atoms with van der Waals surface area (Å²) in [5, 5.41) is 0.808. The molecule has 0 radical (unpaired) electrons. The van der Waals surface area contributed by atoms with Crippen molar-refractivity contribution >= 4 is 10.9 Å². The van der Waals surface area contributed by atoms with Crippen LogP contribution in [0.25, 0.3) is 10.9 Å². The lowest BCUT2D eigenvalue weighted by molar-refractivity contribution is 0.00608. The molecule has 0 saturated heterocycles. The normalized spacial score (nSPS) is 12.3. The number of aromatic nitrogens is 1. The molecule has 2 N–H and O–H groups in total. The molecule has 0 amide bonds. The summed E-state index contributed by atoms with van der Waals surface area (Å²) in [4.78, 5) is 0. The third kappa shape index (κ3) is 1.61. The molecule has 0 aliphatic heterocycles. The Balaban J connectivity index is 2.57. The highest BCUT2D eigenvalue weighted by atomic mass is 19.3. The van der Waals surface area contributed by atoms with E-state index in [1.165, 1.54) is 12.1 Å². The Morgan fingerprint density at radius 1 is 1.33 bits per heavy atom. The highest BCUT2D eigenvalue weighted by Gasteiger charge is 2.29. The first-order valence-electron chi connectivity index (χ1n) is 4.68. The monoisotopic (exact) mass is 210 g/mol. The molecule has 0 fully saturated rings. The first-order valence-corrected chi connectivity index (χ1v) is 4.68. The second-order valence-corrected chi connectivity index (χ2v) is 3.61. The van der Waals surface area contributed by atoms with Crippen molar-refractivity contribution in [1.82, 2.24) is 4.57 Å². The Hall–Kier alpha value is -1.42.